The lowest BCUT2D eigenvalue weighted by Gasteiger charge is -2.49. The first-order chi connectivity index (χ1) is 13.5. The Labute approximate surface area is 183 Å². The molecule has 1 aliphatic carbocycles. The minimum absolute atomic E-state index is 0.170. The molecule has 1 N–H and O–H groups in total. The van der Waals surface area contributed by atoms with Crippen molar-refractivity contribution >= 4 is 39.3 Å². The van der Waals surface area contributed by atoms with Crippen molar-refractivity contribution in [1.82, 2.24) is 9.88 Å². The van der Waals surface area contributed by atoms with E-state index in [0.29, 0.717) is 13.1 Å². The first-order valence-corrected chi connectivity index (χ1v) is 11.7. The van der Waals surface area contributed by atoms with Crippen molar-refractivity contribution in [3.63, 3.8) is 0 Å². The molecule has 1 saturated carbocycles. The number of aliphatic carboxylic acids is 1. The number of halogens is 1. The van der Waals surface area contributed by atoms with Gasteiger partial charge in [0.1, 0.15) is 27.4 Å². The Balaban J connectivity index is 1.63. The SMILES string of the molecule is CC(C)(C)OC(=O)N1CCC2(CC1)CCC(OCC(=O)O)(c1nc(Br)cs1)CC2. The summed E-state index contributed by atoms with van der Waals surface area (Å²) in [6.07, 6.45) is 4.98. The van der Waals surface area contributed by atoms with E-state index < -0.39 is 17.2 Å². The number of carboxylic acids is 1. The number of aromatic nitrogens is 1. The van der Waals surface area contributed by atoms with Crippen LogP contribution in [0, 0.1) is 5.41 Å². The first kappa shape index (κ1) is 22.5. The minimum Gasteiger partial charge on any atom is -0.480 e. The third-order valence-corrected chi connectivity index (χ3v) is 7.67. The second kappa shape index (κ2) is 8.51. The van der Waals surface area contributed by atoms with Crippen molar-refractivity contribution in [3.05, 3.63) is 15.0 Å². The van der Waals surface area contributed by atoms with Gasteiger partial charge in [0.2, 0.25) is 0 Å². The molecule has 2 aliphatic rings. The monoisotopic (exact) mass is 488 g/mol. The number of ether oxygens (including phenoxy) is 2. The number of likely N-dealkylation sites (tertiary alicyclic amines) is 1. The molecule has 1 amide bonds. The van der Waals surface area contributed by atoms with Crippen LogP contribution in [-0.4, -0.2) is 52.4 Å². The Hall–Kier alpha value is -1.19. The summed E-state index contributed by atoms with van der Waals surface area (Å²) in [4.78, 5) is 29.8. The number of nitrogens with zero attached hydrogens (tertiary/aromatic N) is 2. The molecule has 2 fully saturated rings. The van der Waals surface area contributed by atoms with E-state index in [1.54, 1.807) is 4.90 Å². The Morgan fingerprint density at radius 1 is 1.21 bits per heavy atom. The van der Waals surface area contributed by atoms with Gasteiger partial charge < -0.3 is 19.5 Å². The fourth-order valence-corrected chi connectivity index (χ4v) is 5.72. The van der Waals surface area contributed by atoms with E-state index >= 15 is 0 Å². The highest BCUT2D eigenvalue weighted by atomic mass is 79.9. The molecule has 2 heterocycles. The van der Waals surface area contributed by atoms with E-state index in [4.69, 9.17) is 14.6 Å². The average Bonchev–Trinajstić information content (AvgIpc) is 3.08. The van der Waals surface area contributed by atoms with Crippen LogP contribution in [0.2, 0.25) is 0 Å². The fraction of sp³-hybridized carbons (Fsp3) is 0.750. The zero-order valence-electron chi connectivity index (χ0n) is 17.2. The third-order valence-electron chi connectivity index (χ3n) is 5.93. The smallest absolute Gasteiger partial charge is 0.410 e. The van der Waals surface area contributed by atoms with Crippen LogP contribution in [-0.2, 0) is 19.9 Å². The summed E-state index contributed by atoms with van der Waals surface area (Å²) in [5.41, 5.74) is -0.953. The number of rotatable bonds is 4. The number of carbonyl (C=O) groups excluding carboxylic acids is 1. The highest BCUT2D eigenvalue weighted by Crippen LogP contribution is 2.52. The Morgan fingerprint density at radius 3 is 2.31 bits per heavy atom. The topological polar surface area (TPSA) is 89.0 Å². The van der Waals surface area contributed by atoms with E-state index in [2.05, 4.69) is 20.9 Å². The van der Waals surface area contributed by atoms with Gasteiger partial charge in [0.15, 0.2) is 0 Å². The number of hydrogen-bond acceptors (Lipinski definition) is 6. The van der Waals surface area contributed by atoms with Crippen molar-refractivity contribution < 1.29 is 24.2 Å². The molecule has 0 unspecified atom stereocenters. The lowest BCUT2D eigenvalue weighted by atomic mass is 9.64. The van der Waals surface area contributed by atoms with Gasteiger partial charge in [0.25, 0.3) is 0 Å². The number of piperidine rings is 1. The Kier molecular flexibility index (Phi) is 6.60. The maximum absolute atomic E-state index is 12.3. The van der Waals surface area contributed by atoms with E-state index in [9.17, 15) is 9.59 Å². The summed E-state index contributed by atoms with van der Waals surface area (Å²) < 4.78 is 12.2. The molecule has 9 heteroatoms. The normalized spacial score (nSPS) is 21.2. The lowest BCUT2D eigenvalue weighted by Crippen LogP contribution is -2.48. The summed E-state index contributed by atoms with van der Waals surface area (Å²) in [5, 5.41) is 11.9. The number of carboxylic acid groups (broad SMARTS) is 1. The average molecular weight is 489 g/mol. The summed E-state index contributed by atoms with van der Waals surface area (Å²) in [6, 6.07) is 0. The van der Waals surface area contributed by atoms with Gasteiger partial charge in [-0.25, -0.2) is 14.6 Å². The van der Waals surface area contributed by atoms with Crippen LogP contribution < -0.4 is 0 Å². The second-order valence-corrected chi connectivity index (χ2v) is 10.8. The Bertz CT molecular complexity index is 742. The predicted molar refractivity (Wildman–Crippen MR) is 113 cm³/mol. The van der Waals surface area contributed by atoms with Gasteiger partial charge in [-0.15, -0.1) is 11.3 Å². The fourth-order valence-electron chi connectivity index (χ4n) is 4.26. The number of amides is 1. The van der Waals surface area contributed by atoms with Gasteiger partial charge >= 0.3 is 12.1 Å². The van der Waals surface area contributed by atoms with Gasteiger partial charge in [0, 0.05) is 18.5 Å². The minimum atomic E-state index is -0.967. The molecule has 1 aromatic rings. The molecular formula is C20H29BrN2O5S. The van der Waals surface area contributed by atoms with Gasteiger partial charge in [-0.1, -0.05) is 0 Å². The van der Waals surface area contributed by atoms with E-state index in [0.717, 1.165) is 48.1 Å². The maximum atomic E-state index is 12.3. The van der Waals surface area contributed by atoms with Crippen LogP contribution in [0.5, 0.6) is 0 Å². The molecule has 0 aromatic carbocycles. The molecule has 1 aromatic heterocycles. The van der Waals surface area contributed by atoms with Crippen molar-refractivity contribution in [3.8, 4) is 0 Å². The van der Waals surface area contributed by atoms with Crippen molar-refractivity contribution in [2.24, 2.45) is 5.41 Å². The van der Waals surface area contributed by atoms with Gasteiger partial charge in [-0.3, -0.25) is 0 Å². The highest BCUT2D eigenvalue weighted by Gasteiger charge is 2.48. The molecule has 0 atom stereocenters. The number of hydrogen-bond donors (Lipinski definition) is 1. The predicted octanol–water partition coefficient (Wildman–Crippen LogP) is 4.79. The number of thiazole rings is 1. The first-order valence-electron chi connectivity index (χ1n) is 9.98. The molecule has 29 heavy (non-hydrogen) atoms. The standard InChI is InChI=1S/C20H29BrN2O5S/c1-18(2,3)28-17(26)23-10-8-19(9-11-23)4-6-20(7-5-19,27-12-15(24)25)16-22-14(21)13-29-16/h13H,4-12H2,1-3H3,(H,24,25). The van der Waals surface area contributed by atoms with Gasteiger partial charge in [-0.05, 0) is 80.6 Å². The van der Waals surface area contributed by atoms with Crippen LogP contribution >= 0.6 is 27.3 Å². The summed E-state index contributed by atoms with van der Waals surface area (Å²) in [7, 11) is 0. The van der Waals surface area contributed by atoms with E-state index in [1.165, 1.54) is 11.3 Å². The van der Waals surface area contributed by atoms with E-state index in [-0.39, 0.29) is 18.1 Å². The van der Waals surface area contributed by atoms with Crippen molar-refractivity contribution in [2.75, 3.05) is 19.7 Å². The van der Waals surface area contributed by atoms with Gasteiger partial charge in [-0.2, -0.15) is 0 Å². The third kappa shape index (κ3) is 5.49. The van der Waals surface area contributed by atoms with Crippen molar-refractivity contribution in [2.45, 2.75) is 70.5 Å². The summed E-state index contributed by atoms with van der Waals surface area (Å²) >= 11 is 4.90. The molecule has 1 saturated heterocycles. The quantitative estimate of drug-likeness (QED) is 0.654. The van der Waals surface area contributed by atoms with Crippen LogP contribution in [0.1, 0.15) is 64.3 Å². The van der Waals surface area contributed by atoms with E-state index in [1.807, 2.05) is 26.2 Å². The lowest BCUT2D eigenvalue weighted by molar-refractivity contribution is -0.157. The molecule has 0 radical (unpaired) electrons. The number of carbonyl (C=O) groups is 2. The molecule has 3 rings (SSSR count). The molecule has 7 nitrogen and oxygen atoms in total. The molecule has 0 bridgehead atoms. The van der Waals surface area contributed by atoms with Crippen LogP contribution in [0.3, 0.4) is 0 Å². The molecule has 1 spiro atoms. The molecular weight excluding hydrogens is 460 g/mol. The zero-order chi connectivity index (χ0) is 21.3. The zero-order valence-corrected chi connectivity index (χ0v) is 19.6. The second-order valence-electron chi connectivity index (χ2n) is 9.12. The molecule has 1 aliphatic heterocycles. The maximum Gasteiger partial charge on any atom is 0.410 e. The van der Waals surface area contributed by atoms with Crippen molar-refractivity contribution in [1.29, 1.82) is 0 Å². The largest absolute Gasteiger partial charge is 0.480 e. The summed E-state index contributed by atoms with van der Waals surface area (Å²) in [6.45, 7) is 6.71. The van der Waals surface area contributed by atoms with Crippen LogP contribution in [0.4, 0.5) is 4.79 Å². The molecule has 162 valence electrons. The summed E-state index contributed by atoms with van der Waals surface area (Å²) in [5.74, 6) is -0.967. The van der Waals surface area contributed by atoms with Gasteiger partial charge in [0.05, 0.1) is 0 Å². The van der Waals surface area contributed by atoms with Crippen LogP contribution in [0.25, 0.3) is 0 Å². The van der Waals surface area contributed by atoms with Crippen LogP contribution in [0.15, 0.2) is 9.98 Å². The Morgan fingerprint density at radius 2 is 1.83 bits per heavy atom. The highest BCUT2D eigenvalue weighted by molar-refractivity contribution is 9.10.